The third kappa shape index (κ3) is 3.09. The summed E-state index contributed by atoms with van der Waals surface area (Å²) in [6.07, 6.45) is 2.81. The number of carboxylic acids is 1. The van der Waals surface area contributed by atoms with Gasteiger partial charge in [-0.1, -0.05) is 24.9 Å². The number of halogens is 1. The van der Waals surface area contributed by atoms with Crippen LogP contribution in [0.25, 0.3) is 11.4 Å². The molecular weight excluding hydrogens is 264 g/mol. The first-order chi connectivity index (χ1) is 9.11. The zero-order valence-electron chi connectivity index (χ0n) is 10.4. The van der Waals surface area contributed by atoms with E-state index in [9.17, 15) is 4.79 Å². The van der Waals surface area contributed by atoms with Gasteiger partial charge in [-0.2, -0.15) is 0 Å². The molecule has 98 valence electrons. The number of benzene rings is 1. The van der Waals surface area contributed by atoms with Crippen molar-refractivity contribution < 1.29 is 9.90 Å². The third-order valence-corrected chi connectivity index (χ3v) is 2.94. The van der Waals surface area contributed by atoms with Crippen LogP contribution < -0.4 is 0 Å². The standard InChI is InChI=1S/C14H13ClN2O2/c1-2-3-12-11(14(18)19)8-16-13(17-12)9-4-6-10(15)7-5-9/h4-8H,2-3H2,1H3,(H,18,19). The highest BCUT2D eigenvalue weighted by molar-refractivity contribution is 6.30. The molecule has 2 rings (SSSR count). The molecule has 0 aliphatic heterocycles. The smallest absolute Gasteiger partial charge is 0.339 e. The predicted octanol–water partition coefficient (Wildman–Crippen LogP) is 3.45. The van der Waals surface area contributed by atoms with E-state index in [1.165, 1.54) is 6.20 Å². The highest BCUT2D eigenvalue weighted by Gasteiger charge is 2.13. The molecule has 0 spiro atoms. The van der Waals surface area contributed by atoms with Crippen LogP contribution in [-0.4, -0.2) is 21.0 Å². The van der Waals surface area contributed by atoms with Crippen molar-refractivity contribution in [2.24, 2.45) is 0 Å². The van der Waals surface area contributed by atoms with Crippen LogP contribution in [0.4, 0.5) is 0 Å². The zero-order valence-corrected chi connectivity index (χ0v) is 11.2. The van der Waals surface area contributed by atoms with Crippen molar-refractivity contribution in [1.29, 1.82) is 0 Å². The summed E-state index contributed by atoms with van der Waals surface area (Å²) in [6, 6.07) is 7.14. The molecule has 1 N–H and O–H groups in total. The molecule has 0 fully saturated rings. The minimum Gasteiger partial charge on any atom is -0.478 e. The maximum atomic E-state index is 11.1. The van der Waals surface area contributed by atoms with Crippen molar-refractivity contribution in [3.63, 3.8) is 0 Å². The van der Waals surface area contributed by atoms with Gasteiger partial charge >= 0.3 is 5.97 Å². The Bertz CT molecular complexity index is 597. The van der Waals surface area contributed by atoms with E-state index in [2.05, 4.69) is 9.97 Å². The van der Waals surface area contributed by atoms with Gasteiger partial charge in [0.15, 0.2) is 5.82 Å². The molecule has 0 bridgehead atoms. The summed E-state index contributed by atoms with van der Waals surface area (Å²) in [7, 11) is 0. The Kier molecular flexibility index (Phi) is 4.12. The second kappa shape index (κ2) is 5.80. The molecule has 1 aromatic heterocycles. The SMILES string of the molecule is CCCc1nc(-c2ccc(Cl)cc2)ncc1C(=O)O. The molecule has 4 nitrogen and oxygen atoms in total. The lowest BCUT2D eigenvalue weighted by molar-refractivity contribution is 0.0694. The molecule has 1 aromatic carbocycles. The molecule has 5 heteroatoms. The van der Waals surface area contributed by atoms with Crippen LogP contribution in [0.2, 0.25) is 5.02 Å². The lowest BCUT2D eigenvalue weighted by Crippen LogP contribution is -2.07. The summed E-state index contributed by atoms with van der Waals surface area (Å²) >= 11 is 5.83. The molecule has 0 saturated carbocycles. The van der Waals surface area contributed by atoms with Gasteiger partial charge in [0.05, 0.1) is 11.3 Å². The van der Waals surface area contributed by atoms with Gasteiger partial charge in [0.25, 0.3) is 0 Å². The molecule has 0 aliphatic carbocycles. The quantitative estimate of drug-likeness (QED) is 0.929. The number of aryl methyl sites for hydroxylation is 1. The number of aromatic nitrogens is 2. The van der Waals surface area contributed by atoms with E-state index >= 15 is 0 Å². The fraction of sp³-hybridized carbons (Fsp3) is 0.214. The molecule has 0 radical (unpaired) electrons. The van der Waals surface area contributed by atoms with Crippen molar-refractivity contribution in [2.45, 2.75) is 19.8 Å². The fourth-order valence-corrected chi connectivity index (χ4v) is 1.89. The number of hydrogen-bond donors (Lipinski definition) is 1. The van der Waals surface area contributed by atoms with Gasteiger partial charge in [-0.15, -0.1) is 0 Å². The molecular formula is C14H13ClN2O2. The van der Waals surface area contributed by atoms with Crippen molar-refractivity contribution >= 4 is 17.6 Å². The van der Waals surface area contributed by atoms with E-state index in [0.29, 0.717) is 23.0 Å². The van der Waals surface area contributed by atoms with Crippen molar-refractivity contribution in [3.8, 4) is 11.4 Å². The average Bonchev–Trinajstić information content (AvgIpc) is 2.39. The fourth-order valence-electron chi connectivity index (χ4n) is 1.76. The lowest BCUT2D eigenvalue weighted by atomic mass is 10.1. The number of carbonyl (C=O) groups is 1. The third-order valence-electron chi connectivity index (χ3n) is 2.69. The average molecular weight is 277 g/mol. The number of hydrogen-bond acceptors (Lipinski definition) is 3. The van der Waals surface area contributed by atoms with Gasteiger partial charge < -0.3 is 5.11 Å². The van der Waals surface area contributed by atoms with Gasteiger partial charge in [0.2, 0.25) is 0 Å². The molecule has 0 unspecified atom stereocenters. The highest BCUT2D eigenvalue weighted by Crippen LogP contribution is 2.19. The Hall–Kier alpha value is -1.94. The second-order valence-corrected chi connectivity index (χ2v) is 4.55. The van der Waals surface area contributed by atoms with Gasteiger partial charge in [0.1, 0.15) is 0 Å². The van der Waals surface area contributed by atoms with Crippen LogP contribution in [0.5, 0.6) is 0 Å². The van der Waals surface area contributed by atoms with Crippen molar-refractivity contribution in [3.05, 3.63) is 46.7 Å². The largest absolute Gasteiger partial charge is 0.478 e. The van der Waals surface area contributed by atoms with Crippen LogP contribution in [-0.2, 0) is 6.42 Å². The maximum Gasteiger partial charge on any atom is 0.339 e. The van der Waals surface area contributed by atoms with Crippen LogP contribution in [0.1, 0.15) is 29.4 Å². The molecule has 0 amide bonds. The minimum atomic E-state index is -0.994. The first-order valence-electron chi connectivity index (χ1n) is 5.97. The number of nitrogens with zero attached hydrogens (tertiary/aromatic N) is 2. The van der Waals surface area contributed by atoms with E-state index in [1.54, 1.807) is 12.1 Å². The Morgan fingerprint density at radius 2 is 2.00 bits per heavy atom. The first kappa shape index (κ1) is 13.5. The van der Waals surface area contributed by atoms with E-state index in [4.69, 9.17) is 16.7 Å². The first-order valence-corrected chi connectivity index (χ1v) is 6.34. The van der Waals surface area contributed by atoms with Gasteiger partial charge in [0, 0.05) is 16.8 Å². The molecule has 2 aromatic rings. The molecule has 19 heavy (non-hydrogen) atoms. The van der Waals surface area contributed by atoms with Gasteiger partial charge in [-0.25, -0.2) is 14.8 Å². The van der Waals surface area contributed by atoms with Crippen LogP contribution in [0, 0.1) is 0 Å². The summed E-state index contributed by atoms with van der Waals surface area (Å²) in [5.41, 5.74) is 1.55. The van der Waals surface area contributed by atoms with Crippen LogP contribution in [0.3, 0.4) is 0 Å². The van der Waals surface area contributed by atoms with Crippen molar-refractivity contribution in [1.82, 2.24) is 9.97 Å². The van der Waals surface area contributed by atoms with Crippen LogP contribution >= 0.6 is 11.6 Å². The topological polar surface area (TPSA) is 63.1 Å². The second-order valence-electron chi connectivity index (χ2n) is 4.12. The van der Waals surface area contributed by atoms with Crippen molar-refractivity contribution in [2.75, 3.05) is 0 Å². The normalized spacial score (nSPS) is 10.4. The summed E-state index contributed by atoms with van der Waals surface area (Å²) in [4.78, 5) is 19.5. The lowest BCUT2D eigenvalue weighted by Gasteiger charge is -2.06. The zero-order chi connectivity index (χ0) is 13.8. The number of rotatable bonds is 4. The Morgan fingerprint density at radius 1 is 1.32 bits per heavy atom. The number of aromatic carboxylic acids is 1. The highest BCUT2D eigenvalue weighted by atomic mass is 35.5. The van der Waals surface area contributed by atoms with Gasteiger partial charge in [-0.05, 0) is 30.7 Å². The van der Waals surface area contributed by atoms with E-state index in [-0.39, 0.29) is 5.56 Å². The Morgan fingerprint density at radius 3 is 2.58 bits per heavy atom. The van der Waals surface area contributed by atoms with Crippen LogP contribution in [0.15, 0.2) is 30.5 Å². The minimum absolute atomic E-state index is 0.166. The van der Waals surface area contributed by atoms with E-state index in [1.807, 2.05) is 19.1 Å². The number of carboxylic acid groups (broad SMARTS) is 1. The van der Waals surface area contributed by atoms with Gasteiger partial charge in [-0.3, -0.25) is 0 Å². The molecule has 0 atom stereocenters. The Balaban J connectivity index is 2.45. The summed E-state index contributed by atoms with van der Waals surface area (Å²) in [6.45, 7) is 1.98. The summed E-state index contributed by atoms with van der Waals surface area (Å²) in [5, 5.41) is 9.73. The Labute approximate surface area is 116 Å². The predicted molar refractivity (Wildman–Crippen MR) is 73.4 cm³/mol. The molecule has 0 saturated heterocycles. The van der Waals surface area contributed by atoms with E-state index in [0.717, 1.165) is 12.0 Å². The molecule has 0 aliphatic rings. The summed E-state index contributed by atoms with van der Waals surface area (Å²) in [5.74, 6) is -0.476. The summed E-state index contributed by atoms with van der Waals surface area (Å²) < 4.78 is 0. The monoisotopic (exact) mass is 276 g/mol. The molecule has 1 heterocycles. The maximum absolute atomic E-state index is 11.1. The van der Waals surface area contributed by atoms with E-state index < -0.39 is 5.97 Å².